The van der Waals surface area contributed by atoms with Gasteiger partial charge in [-0.05, 0) is 31.0 Å². The van der Waals surface area contributed by atoms with E-state index in [9.17, 15) is 0 Å². The van der Waals surface area contributed by atoms with E-state index in [0.717, 1.165) is 27.2 Å². The van der Waals surface area contributed by atoms with E-state index >= 15 is 0 Å². The Morgan fingerprint density at radius 1 is 1.14 bits per heavy atom. The van der Waals surface area contributed by atoms with E-state index < -0.39 is 0 Å². The predicted molar refractivity (Wildman–Crippen MR) is 88.5 cm³/mol. The molecular weight excluding hydrogens is 278 g/mol. The van der Waals surface area contributed by atoms with Gasteiger partial charge in [0.05, 0.1) is 10.5 Å². The molecule has 0 aliphatic heterocycles. The van der Waals surface area contributed by atoms with Gasteiger partial charge in [0, 0.05) is 23.1 Å². The van der Waals surface area contributed by atoms with Gasteiger partial charge in [0.2, 0.25) is 0 Å². The Morgan fingerprint density at radius 3 is 2.86 bits per heavy atom. The second kappa shape index (κ2) is 5.11. The van der Waals surface area contributed by atoms with Crippen LogP contribution in [-0.2, 0) is 0 Å². The number of nitrogens with two attached hydrogens (primary N) is 1. The van der Waals surface area contributed by atoms with E-state index in [1.165, 1.54) is 30.7 Å². The van der Waals surface area contributed by atoms with E-state index in [1.807, 2.05) is 18.3 Å². The molecule has 1 aliphatic carbocycles. The van der Waals surface area contributed by atoms with E-state index in [4.69, 9.17) is 10.7 Å². The predicted octanol–water partition coefficient (Wildman–Crippen LogP) is 4.60. The third-order valence-electron chi connectivity index (χ3n) is 4.25. The lowest BCUT2D eigenvalue weighted by Gasteiger charge is -2.03. The summed E-state index contributed by atoms with van der Waals surface area (Å²) in [5.74, 6) is 0.619. The first-order chi connectivity index (χ1) is 10.3. The second-order valence-electron chi connectivity index (χ2n) is 5.66. The maximum Gasteiger partial charge on any atom is 0.114 e. The largest absolute Gasteiger partial charge is 0.389 e. The number of aromatic nitrogens is 2. The molecule has 2 N–H and O–H groups in total. The van der Waals surface area contributed by atoms with Crippen molar-refractivity contribution in [1.29, 1.82) is 0 Å². The van der Waals surface area contributed by atoms with Gasteiger partial charge in [0.25, 0.3) is 0 Å². The average molecular weight is 295 g/mol. The van der Waals surface area contributed by atoms with Gasteiger partial charge in [0.1, 0.15) is 10.7 Å². The van der Waals surface area contributed by atoms with E-state index in [-0.39, 0.29) is 0 Å². The average Bonchev–Trinajstić information content (AvgIpc) is 3.16. The normalized spacial score (nSPS) is 15.8. The van der Waals surface area contributed by atoms with Crippen LogP contribution >= 0.6 is 11.3 Å². The van der Waals surface area contributed by atoms with Gasteiger partial charge in [-0.1, -0.05) is 25.0 Å². The smallest absolute Gasteiger partial charge is 0.114 e. The monoisotopic (exact) mass is 295 g/mol. The quantitative estimate of drug-likeness (QED) is 0.751. The van der Waals surface area contributed by atoms with Crippen LogP contribution in [0.25, 0.3) is 22.2 Å². The molecule has 4 heteroatoms. The van der Waals surface area contributed by atoms with Crippen LogP contribution in [0.15, 0.2) is 36.5 Å². The highest BCUT2D eigenvalue weighted by Gasteiger charge is 2.22. The van der Waals surface area contributed by atoms with Crippen molar-refractivity contribution in [1.82, 2.24) is 9.97 Å². The van der Waals surface area contributed by atoms with Crippen LogP contribution < -0.4 is 5.73 Å². The van der Waals surface area contributed by atoms with Gasteiger partial charge < -0.3 is 5.73 Å². The van der Waals surface area contributed by atoms with Gasteiger partial charge >= 0.3 is 0 Å². The number of anilines is 1. The van der Waals surface area contributed by atoms with Gasteiger partial charge in [0.15, 0.2) is 0 Å². The number of pyridine rings is 1. The fourth-order valence-electron chi connectivity index (χ4n) is 3.13. The summed E-state index contributed by atoms with van der Waals surface area (Å²) >= 11 is 1.66. The molecule has 0 atom stereocenters. The number of hydrogen-bond donors (Lipinski definition) is 1. The Balaban J connectivity index is 1.77. The molecule has 2 heterocycles. The zero-order valence-corrected chi connectivity index (χ0v) is 12.6. The van der Waals surface area contributed by atoms with Crippen molar-refractivity contribution in [2.75, 3.05) is 5.73 Å². The second-order valence-corrected chi connectivity index (χ2v) is 6.72. The molecule has 3 nitrogen and oxygen atoms in total. The lowest BCUT2D eigenvalue weighted by atomic mass is 10.1. The Hall–Kier alpha value is -1.94. The molecule has 0 spiro atoms. The molecule has 4 rings (SSSR count). The molecule has 106 valence electrons. The molecule has 0 unspecified atom stereocenters. The summed E-state index contributed by atoms with van der Waals surface area (Å²) in [6.45, 7) is 0. The first-order valence-corrected chi connectivity index (χ1v) is 8.24. The Bertz CT molecular complexity index is 788. The third kappa shape index (κ3) is 2.29. The van der Waals surface area contributed by atoms with Crippen LogP contribution in [0.4, 0.5) is 5.00 Å². The summed E-state index contributed by atoms with van der Waals surface area (Å²) in [6.07, 6.45) is 6.97. The number of nitrogen functional groups attached to an aromatic ring is 1. The maximum absolute atomic E-state index is 6.23. The number of thiazole rings is 1. The van der Waals surface area contributed by atoms with Crippen molar-refractivity contribution < 1.29 is 0 Å². The number of nitrogens with zero attached hydrogens (tertiary/aromatic N) is 2. The van der Waals surface area contributed by atoms with E-state index in [0.29, 0.717) is 5.92 Å². The molecule has 1 saturated carbocycles. The van der Waals surface area contributed by atoms with Crippen LogP contribution in [0.2, 0.25) is 0 Å². The van der Waals surface area contributed by atoms with E-state index in [2.05, 4.69) is 23.2 Å². The summed E-state index contributed by atoms with van der Waals surface area (Å²) < 4.78 is 0. The lowest BCUT2D eigenvalue weighted by molar-refractivity contribution is 0.717. The van der Waals surface area contributed by atoms with Gasteiger partial charge in [-0.3, -0.25) is 4.98 Å². The molecule has 21 heavy (non-hydrogen) atoms. The van der Waals surface area contributed by atoms with Crippen molar-refractivity contribution in [2.24, 2.45) is 0 Å². The third-order valence-corrected chi connectivity index (χ3v) is 5.30. The summed E-state index contributed by atoms with van der Waals surface area (Å²) in [5, 5.41) is 3.18. The Labute approximate surface area is 127 Å². The molecule has 2 aromatic heterocycles. The zero-order valence-electron chi connectivity index (χ0n) is 11.7. The van der Waals surface area contributed by atoms with Crippen molar-refractivity contribution in [3.8, 4) is 11.3 Å². The Morgan fingerprint density at radius 2 is 2.00 bits per heavy atom. The topological polar surface area (TPSA) is 51.8 Å². The molecule has 1 aromatic carbocycles. The number of rotatable bonds is 2. The van der Waals surface area contributed by atoms with Crippen molar-refractivity contribution in [3.63, 3.8) is 0 Å². The van der Waals surface area contributed by atoms with Crippen LogP contribution in [0, 0.1) is 0 Å². The molecule has 0 saturated heterocycles. The molecule has 0 radical (unpaired) electrons. The highest BCUT2D eigenvalue weighted by Crippen LogP contribution is 2.40. The summed E-state index contributed by atoms with van der Waals surface area (Å²) in [7, 11) is 0. The van der Waals surface area contributed by atoms with Crippen LogP contribution in [-0.4, -0.2) is 9.97 Å². The van der Waals surface area contributed by atoms with Gasteiger partial charge in [-0.25, -0.2) is 4.98 Å². The van der Waals surface area contributed by atoms with Crippen LogP contribution in [0.1, 0.15) is 36.6 Å². The number of benzene rings is 1. The minimum atomic E-state index is 0.619. The van der Waals surface area contributed by atoms with E-state index in [1.54, 1.807) is 11.3 Å². The van der Waals surface area contributed by atoms with Crippen LogP contribution in [0.3, 0.4) is 0 Å². The highest BCUT2D eigenvalue weighted by atomic mass is 32.1. The molecule has 1 fully saturated rings. The van der Waals surface area contributed by atoms with Crippen molar-refractivity contribution in [3.05, 3.63) is 41.5 Å². The number of fused-ring (bicyclic) bond motifs is 1. The lowest BCUT2D eigenvalue weighted by Crippen LogP contribution is -1.91. The Kier molecular flexibility index (Phi) is 3.11. The highest BCUT2D eigenvalue weighted by molar-refractivity contribution is 7.16. The fourth-order valence-corrected chi connectivity index (χ4v) is 4.15. The molecule has 0 amide bonds. The molecule has 3 aromatic rings. The minimum absolute atomic E-state index is 0.619. The molecular formula is C17H17N3S. The van der Waals surface area contributed by atoms with Gasteiger partial charge in [-0.15, -0.1) is 11.3 Å². The van der Waals surface area contributed by atoms with Crippen LogP contribution in [0.5, 0.6) is 0 Å². The summed E-state index contributed by atoms with van der Waals surface area (Å²) in [6, 6.07) is 10.3. The molecule has 1 aliphatic rings. The fraction of sp³-hybridized carbons (Fsp3) is 0.294. The number of hydrogen-bond acceptors (Lipinski definition) is 4. The zero-order chi connectivity index (χ0) is 14.2. The summed E-state index contributed by atoms with van der Waals surface area (Å²) in [5.41, 5.74) is 9.26. The standard InChI is InChI=1S/C17H17N3S/c18-16-15(20-17(21-16)11-4-1-2-5-11)13-7-8-14-12(10-13)6-3-9-19-14/h3,6-11H,1-2,4-5,18H2. The molecule has 0 bridgehead atoms. The van der Waals surface area contributed by atoms with Crippen molar-refractivity contribution in [2.45, 2.75) is 31.6 Å². The first-order valence-electron chi connectivity index (χ1n) is 7.42. The minimum Gasteiger partial charge on any atom is -0.389 e. The van der Waals surface area contributed by atoms with Gasteiger partial charge in [-0.2, -0.15) is 0 Å². The maximum atomic E-state index is 6.23. The first kappa shape index (κ1) is 12.8. The summed E-state index contributed by atoms with van der Waals surface area (Å²) in [4.78, 5) is 9.20. The SMILES string of the molecule is Nc1sc(C2CCCC2)nc1-c1ccc2ncccc2c1. The van der Waals surface area contributed by atoms with Crippen molar-refractivity contribution >= 4 is 27.2 Å².